The molecule has 20 heavy (non-hydrogen) atoms. The van der Waals surface area contributed by atoms with E-state index in [4.69, 9.17) is 0 Å². The molecular weight excluding hydrogens is 270 g/mol. The van der Waals surface area contributed by atoms with E-state index in [1.807, 2.05) is 23.6 Å². The molecule has 0 spiro atoms. The van der Waals surface area contributed by atoms with Crippen LogP contribution in [-0.4, -0.2) is 40.8 Å². The van der Waals surface area contributed by atoms with E-state index in [0.717, 1.165) is 29.1 Å². The van der Waals surface area contributed by atoms with E-state index in [1.54, 1.807) is 6.20 Å². The Hall–Kier alpha value is -1.46. The van der Waals surface area contributed by atoms with E-state index in [0.29, 0.717) is 6.04 Å². The van der Waals surface area contributed by atoms with Crippen LogP contribution in [0.15, 0.2) is 29.8 Å². The van der Waals surface area contributed by atoms with E-state index < -0.39 is 10.5 Å². The number of hydrogen-bond acceptors (Lipinski definition) is 3. The Morgan fingerprint density at radius 1 is 1.40 bits per heavy atom. The summed E-state index contributed by atoms with van der Waals surface area (Å²) in [5.74, 6) is 0.783. The molecule has 4 rings (SSSR count). The van der Waals surface area contributed by atoms with Gasteiger partial charge in [-0.15, -0.1) is 0 Å². The summed E-state index contributed by atoms with van der Waals surface area (Å²) in [5.41, 5.74) is 0.943. The predicted molar refractivity (Wildman–Crippen MR) is 81.1 cm³/mol. The van der Waals surface area contributed by atoms with Gasteiger partial charge in [0, 0.05) is 37.5 Å². The fourth-order valence-electron chi connectivity index (χ4n) is 3.48. The quantitative estimate of drug-likeness (QED) is 0.864. The average molecular weight is 288 g/mol. The number of carbonyl (C=O) groups is 1. The lowest BCUT2D eigenvalue weighted by molar-refractivity contribution is 0.216. The van der Waals surface area contributed by atoms with Crippen molar-refractivity contribution in [1.29, 1.82) is 0 Å². The number of thiophene rings is 1. The molecule has 0 aliphatic carbocycles. The molecule has 4 heterocycles. The number of nitrogens with zero attached hydrogens (tertiary/aromatic N) is 2. The number of carbonyl (C=O) groups excluding carboxylic acids is 1. The first-order valence-corrected chi connectivity index (χ1v) is 8.47. The molecule has 4 atom stereocenters. The Morgan fingerprint density at radius 3 is 3.25 bits per heavy atom. The zero-order valence-corrected chi connectivity index (χ0v) is 12.1. The summed E-state index contributed by atoms with van der Waals surface area (Å²) in [5, 5.41) is 5.40. The third-order valence-corrected chi connectivity index (χ3v) is 6.13. The number of piperidine rings is 1. The van der Waals surface area contributed by atoms with Crippen molar-refractivity contribution in [3.05, 3.63) is 29.8 Å². The maximum atomic E-state index is 12.5. The van der Waals surface area contributed by atoms with Crippen molar-refractivity contribution in [2.45, 2.75) is 18.9 Å². The molecule has 0 aromatic carbocycles. The fourth-order valence-corrected chi connectivity index (χ4v) is 5.08. The molecule has 2 saturated heterocycles. The van der Waals surface area contributed by atoms with Gasteiger partial charge in [0.1, 0.15) is 5.52 Å². The topological polar surface area (TPSA) is 45.2 Å². The van der Waals surface area contributed by atoms with Crippen molar-refractivity contribution in [3.8, 4) is 0 Å². The molecule has 104 valence electrons. The zero-order chi connectivity index (χ0) is 13.5. The molecule has 5 heteroatoms. The van der Waals surface area contributed by atoms with E-state index >= 15 is 0 Å². The van der Waals surface area contributed by atoms with Crippen LogP contribution in [0.5, 0.6) is 0 Å². The largest absolute Gasteiger partial charge is 0.456 e. The van der Waals surface area contributed by atoms with Crippen LogP contribution in [0, 0.1) is 5.92 Å². The molecule has 0 saturated carbocycles. The van der Waals surface area contributed by atoms with Gasteiger partial charge in [-0.2, -0.15) is 0 Å². The summed E-state index contributed by atoms with van der Waals surface area (Å²) in [4.78, 5) is 19.3. The summed E-state index contributed by atoms with van der Waals surface area (Å²) in [6.07, 6.45) is 4.22. The summed E-state index contributed by atoms with van der Waals surface area (Å²) < 4.78 is 1.06. The van der Waals surface area contributed by atoms with Crippen LogP contribution in [0.1, 0.15) is 12.8 Å². The highest BCUT2D eigenvalue weighted by Gasteiger charge is 2.35. The van der Waals surface area contributed by atoms with E-state index in [1.165, 1.54) is 19.5 Å². The number of aromatic nitrogens is 1. The lowest BCUT2D eigenvalue weighted by Gasteiger charge is -2.29. The van der Waals surface area contributed by atoms with Crippen LogP contribution >= 0.6 is 10.5 Å². The summed E-state index contributed by atoms with van der Waals surface area (Å²) in [6, 6.07) is 6.21. The van der Waals surface area contributed by atoms with Gasteiger partial charge in [0.2, 0.25) is 4.70 Å². The van der Waals surface area contributed by atoms with Gasteiger partial charge in [0.05, 0.1) is 10.5 Å². The molecule has 1 N–H and O–H groups in total. The highest BCUT2D eigenvalue weighted by atomic mass is 32.2. The number of amides is 1. The Balaban J connectivity index is 1.53. The van der Waals surface area contributed by atoms with Crippen molar-refractivity contribution in [3.63, 3.8) is 0 Å². The Kier molecular flexibility index (Phi) is 2.97. The van der Waals surface area contributed by atoms with Gasteiger partial charge in [-0.3, -0.25) is 4.98 Å². The second-order valence-corrected chi connectivity index (χ2v) is 7.56. The van der Waals surface area contributed by atoms with E-state index in [2.05, 4.69) is 15.2 Å². The first-order chi connectivity index (χ1) is 9.79. The third-order valence-electron chi connectivity index (χ3n) is 4.39. The van der Waals surface area contributed by atoms with Crippen LogP contribution in [0.25, 0.3) is 10.2 Å². The second-order valence-electron chi connectivity index (χ2n) is 5.81. The average Bonchev–Trinajstić information content (AvgIpc) is 3.02. The zero-order valence-electron chi connectivity index (χ0n) is 11.3. The van der Waals surface area contributed by atoms with Gasteiger partial charge in [-0.25, -0.2) is 4.79 Å². The van der Waals surface area contributed by atoms with Crippen LogP contribution in [0.4, 0.5) is 4.79 Å². The Morgan fingerprint density at radius 2 is 2.35 bits per heavy atom. The minimum atomic E-state index is -0.462. The van der Waals surface area contributed by atoms with Crippen LogP contribution in [0.2, 0.25) is 0 Å². The van der Waals surface area contributed by atoms with Gasteiger partial charge in [0.15, 0.2) is 5.38 Å². The summed E-state index contributed by atoms with van der Waals surface area (Å²) in [7, 11) is -0.462. The number of pyridine rings is 1. The number of nitrogens with one attached hydrogen (secondary N) is 1. The lowest BCUT2D eigenvalue weighted by atomic mass is 9.97. The number of rotatable bonds is 2. The smallest absolute Gasteiger partial charge is 0.303 e. The van der Waals surface area contributed by atoms with Crippen molar-refractivity contribution >= 4 is 25.9 Å². The van der Waals surface area contributed by atoms with Crippen molar-refractivity contribution in [1.82, 2.24) is 15.2 Å². The molecule has 2 aromatic rings. The molecule has 2 bridgehead atoms. The first kappa shape index (κ1) is 12.3. The molecule has 0 radical (unpaired) electrons. The third kappa shape index (κ3) is 2.11. The lowest BCUT2D eigenvalue weighted by Crippen LogP contribution is -2.46. The monoisotopic (exact) mass is 288 g/mol. The number of hydrogen-bond donors (Lipinski definition) is 1. The van der Waals surface area contributed by atoms with Crippen LogP contribution < -0.4 is 5.32 Å². The molecule has 1 amide bonds. The fraction of sp³-hybridized carbons (Fsp3) is 0.467. The van der Waals surface area contributed by atoms with Crippen molar-refractivity contribution < 1.29 is 4.79 Å². The highest BCUT2D eigenvalue weighted by molar-refractivity contribution is 7.54. The molecule has 4 nitrogen and oxygen atoms in total. The standard InChI is InChI=1S/C15H17N3OS/c19-15(17-12-8-11-3-6-18(9-11)10-12)20-7-4-13-14(20)2-1-5-16-13/h1-2,4-5,7,11-12H,3,6,8-10H2/p+1/t11?,12-,20?/m1/s1. The Labute approximate surface area is 120 Å². The molecule has 2 fully saturated rings. The van der Waals surface area contributed by atoms with Gasteiger partial charge in [0.25, 0.3) is 0 Å². The van der Waals surface area contributed by atoms with Gasteiger partial charge < -0.3 is 10.2 Å². The van der Waals surface area contributed by atoms with Crippen LogP contribution in [0.3, 0.4) is 0 Å². The van der Waals surface area contributed by atoms with Crippen molar-refractivity contribution in [2.24, 2.45) is 5.92 Å². The molecule has 2 aliphatic rings. The number of fused-ring (bicyclic) bond motifs is 3. The maximum absolute atomic E-state index is 12.5. The van der Waals surface area contributed by atoms with E-state index in [9.17, 15) is 4.79 Å². The second kappa shape index (κ2) is 4.82. The van der Waals surface area contributed by atoms with Gasteiger partial charge in [-0.05, 0) is 31.4 Å². The molecule has 3 unspecified atom stereocenters. The van der Waals surface area contributed by atoms with Crippen molar-refractivity contribution in [2.75, 3.05) is 19.6 Å². The van der Waals surface area contributed by atoms with Gasteiger partial charge >= 0.3 is 5.24 Å². The Bertz CT molecular complexity index is 641. The minimum absolute atomic E-state index is 0.153. The first-order valence-electron chi connectivity index (χ1n) is 7.19. The summed E-state index contributed by atoms with van der Waals surface area (Å²) in [6.45, 7) is 3.45. The van der Waals surface area contributed by atoms with Gasteiger partial charge in [-0.1, -0.05) is 0 Å². The predicted octanol–water partition coefficient (Wildman–Crippen LogP) is 2.64. The minimum Gasteiger partial charge on any atom is -0.303 e. The SMILES string of the molecule is O=C(N[C@@H]1CC2CCN(C2)C1)[s+]1ccc2ncccc21. The highest BCUT2D eigenvalue weighted by Crippen LogP contribution is 2.32. The molecule has 2 aromatic heterocycles. The molecule has 2 aliphatic heterocycles. The van der Waals surface area contributed by atoms with E-state index in [-0.39, 0.29) is 5.24 Å². The summed E-state index contributed by atoms with van der Waals surface area (Å²) >= 11 is 0. The molecular formula is C15H18N3OS+. The normalized spacial score (nSPS) is 29.6. The van der Waals surface area contributed by atoms with Crippen LogP contribution in [-0.2, 0) is 0 Å². The maximum Gasteiger partial charge on any atom is 0.456 e.